The van der Waals surface area contributed by atoms with E-state index in [2.05, 4.69) is 15.9 Å². The van der Waals surface area contributed by atoms with Gasteiger partial charge in [0, 0.05) is 10.9 Å². The van der Waals surface area contributed by atoms with Crippen LogP contribution in [0.25, 0.3) is 0 Å². The Bertz CT molecular complexity index is 611. The summed E-state index contributed by atoms with van der Waals surface area (Å²) in [7, 11) is 0. The Morgan fingerprint density at radius 2 is 1.70 bits per heavy atom. The summed E-state index contributed by atoms with van der Waals surface area (Å²) in [5.74, 6) is -2.55. The topological polar surface area (TPSA) is 9.23 Å². The molecule has 0 atom stereocenters. The second-order valence-electron chi connectivity index (χ2n) is 4.05. The van der Waals surface area contributed by atoms with Crippen molar-refractivity contribution >= 4 is 27.5 Å². The van der Waals surface area contributed by atoms with Gasteiger partial charge in [-0.3, -0.25) is 0 Å². The number of ether oxygens (including phenoxy) is 1. The molecular formula is C14H9BrClF3O. The molecule has 106 valence electrons. The van der Waals surface area contributed by atoms with E-state index in [4.69, 9.17) is 16.3 Å². The van der Waals surface area contributed by atoms with E-state index >= 15 is 0 Å². The largest absolute Gasteiger partial charge is 0.483 e. The van der Waals surface area contributed by atoms with Gasteiger partial charge in [-0.05, 0) is 29.8 Å². The van der Waals surface area contributed by atoms with Crippen molar-refractivity contribution in [1.82, 2.24) is 0 Å². The summed E-state index contributed by atoms with van der Waals surface area (Å²) in [6.07, 6.45) is 0. The molecule has 0 bridgehead atoms. The van der Waals surface area contributed by atoms with Crippen molar-refractivity contribution < 1.29 is 17.9 Å². The van der Waals surface area contributed by atoms with Crippen LogP contribution >= 0.6 is 27.5 Å². The maximum atomic E-state index is 13.7. The van der Waals surface area contributed by atoms with Gasteiger partial charge in [0.15, 0.2) is 17.4 Å². The highest BCUT2D eigenvalue weighted by Gasteiger charge is 2.13. The lowest BCUT2D eigenvalue weighted by molar-refractivity contribution is 0.274. The SMILES string of the molecule is Fc1ccc(COc2c(F)cc(CBr)cc2F)c(Cl)c1. The van der Waals surface area contributed by atoms with Gasteiger partial charge in [0.05, 0.1) is 5.02 Å². The van der Waals surface area contributed by atoms with Gasteiger partial charge in [-0.2, -0.15) is 0 Å². The zero-order valence-corrected chi connectivity index (χ0v) is 12.4. The first-order valence-corrected chi connectivity index (χ1v) is 7.12. The van der Waals surface area contributed by atoms with Crippen molar-refractivity contribution in [2.45, 2.75) is 11.9 Å². The highest BCUT2D eigenvalue weighted by Crippen LogP contribution is 2.26. The van der Waals surface area contributed by atoms with Crippen LogP contribution in [0.1, 0.15) is 11.1 Å². The van der Waals surface area contributed by atoms with Crippen molar-refractivity contribution in [3.05, 3.63) is 63.9 Å². The van der Waals surface area contributed by atoms with Crippen LogP contribution in [0.15, 0.2) is 30.3 Å². The zero-order valence-electron chi connectivity index (χ0n) is 10.1. The Morgan fingerprint density at radius 1 is 1.05 bits per heavy atom. The summed E-state index contributed by atoms with van der Waals surface area (Å²) < 4.78 is 45.3. The summed E-state index contributed by atoms with van der Waals surface area (Å²) in [5, 5.41) is 0.480. The van der Waals surface area contributed by atoms with Gasteiger partial charge >= 0.3 is 0 Å². The predicted molar refractivity (Wildman–Crippen MR) is 74.7 cm³/mol. The Kier molecular flexibility index (Phi) is 4.94. The van der Waals surface area contributed by atoms with Crippen molar-refractivity contribution in [2.24, 2.45) is 0 Å². The summed E-state index contributed by atoms with van der Waals surface area (Å²) in [4.78, 5) is 0. The number of rotatable bonds is 4. The molecule has 2 rings (SSSR count). The van der Waals surface area contributed by atoms with E-state index in [1.165, 1.54) is 24.3 Å². The second-order valence-corrected chi connectivity index (χ2v) is 5.01. The molecule has 0 fully saturated rings. The van der Waals surface area contributed by atoms with E-state index in [0.29, 0.717) is 16.5 Å². The molecule has 0 aliphatic heterocycles. The third-order valence-corrected chi connectivity index (χ3v) is 3.60. The molecular weight excluding hydrogens is 357 g/mol. The molecule has 0 radical (unpaired) electrons. The molecule has 0 aromatic heterocycles. The molecule has 0 saturated heterocycles. The average molecular weight is 366 g/mol. The van der Waals surface area contributed by atoms with E-state index in [9.17, 15) is 13.2 Å². The smallest absolute Gasteiger partial charge is 0.191 e. The Labute approximate surface area is 127 Å². The van der Waals surface area contributed by atoms with Crippen LogP contribution < -0.4 is 4.74 Å². The van der Waals surface area contributed by atoms with Gasteiger partial charge in [0.2, 0.25) is 0 Å². The summed E-state index contributed by atoms with van der Waals surface area (Å²) in [5.41, 5.74) is 0.906. The third kappa shape index (κ3) is 3.46. The van der Waals surface area contributed by atoms with Gasteiger partial charge in [0.25, 0.3) is 0 Å². The third-order valence-electron chi connectivity index (χ3n) is 2.60. The minimum absolute atomic E-state index is 0.142. The highest BCUT2D eigenvalue weighted by atomic mass is 79.9. The lowest BCUT2D eigenvalue weighted by Crippen LogP contribution is -2.01. The Hall–Kier alpha value is -1.20. The number of alkyl halides is 1. The van der Waals surface area contributed by atoms with Crippen molar-refractivity contribution in [1.29, 1.82) is 0 Å². The number of halogens is 5. The van der Waals surface area contributed by atoms with Gasteiger partial charge in [-0.25, -0.2) is 13.2 Å². The van der Waals surface area contributed by atoms with Crippen molar-refractivity contribution in [2.75, 3.05) is 0 Å². The van der Waals surface area contributed by atoms with E-state index in [-0.39, 0.29) is 11.6 Å². The number of hydrogen-bond acceptors (Lipinski definition) is 1. The molecule has 0 unspecified atom stereocenters. The molecule has 2 aromatic rings. The fourth-order valence-electron chi connectivity index (χ4n) is 1.62. The first-order chi connectivity index (χ1) is 9.51. The summed E-state index contributed by atoms with van der Waals surface area (Å²) >= 11 is 8.92. The van der Waals surface area contributed by atoms with E-state index in [0.717, 1.165) is 6.07 Å². The van der Waals surface area contributed by atoms with Crippen molar-refractivity contribution in [3.63, 3.8) is 0 Å². The molecule has 6 heteroatoms. The van der Waals surface area contributed by atoms with E-state index in [1.54, 1.807) is 0 Å². The Morgan fingerprint density at radius 3 is 2.25 bits per heavy atom. The lowest BCUT2D eigenvalue weighted by Gasteiger charge is -2.10. The maximum Gasteiger partial charge on any atom is 0.191 e. The number of benzene rings is 2. The molecule has 0 aliphatic carbocycles. The van der Waals surface area contributed by atoms with Crippen LogP contribution in [0.3, 0.4) is 0 Å². The van der Waals surface area contributed by atoms with Gasteiger partial charge < -0.3 is 4.74 Å². The average Bonchev–Trinajstić information content (AvgIpc) is 2.39. The fraction of sp³-hybridized carbons (Fsp3) is 0.143. The molecule has 0 spiro atoms. The second kappa shape index (κ2) is 6.50. The van der Waals surface area contributed by atoms with E-state index in [1.807, 2.05) is 0 Å². The number of hydrogen-bond donors (Lipinski definition) is 0. The van der Waals surface area contributed by atoms with Gasteiger partial charge in [-0.1, -0.05) is 33.6 Å². The van der Waals surface area contributed by atoms with Crippen LogP contribution in [-0.4, -0.2) is 0 Å². The maximum absolute atomic E-state index is 13.7. The van der Waals surface area contributed by atoms with Crippen LogP contribution in [0.4, 0.5) is 13.2 Å². The molecule has 0 aliphatic rings. The lowest BCUT2D eigenvalue weighted by atomic mass is 10.2. The first-order valence-electron chi connectivity index (χ1n) is 5.62. The molecule has 1 nitrogen and oxygen atoms in total. The molecule has 0 saturated carbocycles. The minimum Gasteiger partial charge on any atom is -0.483 e. The van der Waals surface area contributed by atoms with Crippen LogP contribution in [-0.2, 0) is 11.9 Å². The van der Waals surface area contributed by atoms with Gasteiger partial charge in [-0.15, -0.1) is 0 Å². The van der Waals surface area contributed by atoms with E-state index < -0.39 is 23.2 Å². The van der Waals surface area contributed by atoms with Crippen LogP contribution in [0.5, 0.6) is 5.75 Å². The monoisotopic (exact) mass is 364 g/mol. The van der Waals surface area contributed by atoms with Crippen LogP contribution in [0, 0.1) is 17.5 Å². The quantitative estimate of drug-likeness (QED) is 0.674. The standard InChI is InChI=1S/C14H9BrClF3O/c15-6-8-3-12(18)14(13(19)4-8)20-7-9-1-2-10(17)5-11(9)16/h1-5H,6-7H2. The van der Waals surface area contributed by atoms with Gasteiger partial charge in [0.1, 0.15) is 12.4 Å². The molecule has 0 heterocycles. The molecule has 2 aromatic carbocycles. The summed E-state index contributed by atoms with van der Waals surface area (Å²) in [6.45, 7) is -0.152. The Balaban J connectivity index is 2.19. The fourth-order valence-corrected chi connectivity index (χ4v) is 2.16. The van der Waals surface area contributed by atoms with Crippen LogP contribution in [0.2, 0.25) is 5.02 Å². The molecule has 0 amide bonds. The summed E-state index contributed by atoms with van der Waals surface area (Å²) in [6, 6.07) is 6.07. The highest BCUT2D eigenvalue weighted by molar-refractivity contribution is 9.08. The minimum atomic E-state index is -0.794. The first kappa shape index (κ1) is 15.2. The predicted octanol–water partition coefficient (Wildman–Crippen LogP) is 5.23. The molecule has 20 heavy (non-hydrogen) atoms. The normalized spacial score (nSPS) is 10.7. The van der Waals surface area contributed by atoms with Crippen molar-refractivity contribution in [3.8, 4) is 5.75 Å². The molecule has 0 N–H and O–H groups in total. The zero-order chi connectivity index (χ0) is 14.7.